The topological polar surface area (TPSA) is 86.0 Å². The SMILES string of the molecule is CC(C)[C@@H](CN(Cc1ccccc1C(F)(F)F)C(=S)Nc1ccc(Br)cc1)NC(=O)Cc1cncn1Cc1ccc(C#N)cc1. The zero-order valence-electron chi connectivity index (χ0n) is 24.7. The van der Waals surface area contributed by atoms with Crippen molar-refractivity contribution in [2.45, 2.75) is 45.6 Å². The minimum Gasteiger partial charge on any atom is -0.351 e. The lowest BCUT2D eigenvalue weighted by molar-refractivity contribution is -0.138. The minimum atomic E-state index is -4.53. The average Bonchev–Trinajstić information content (AvgIpc) is 3.43. The summed E-state index contributed by atoms with van der Waals surface area (Å²) in [6.07, 6.45) is -1.20. The van der Waals surface area contributed by atoms with E-state index in [-0.39, 0.29) is 42.0 Å². The Kier molecular flexibility index (Phi) is 11.4. The van der Waals surface area contributed by atoms with Gasteiger partial charge in [-0.25, -0.2) is 4.98 Å². The van der Waals surface area contributed by atoms with Gasteiger partial charge in [-0.05, 0) is 71.7 Å². The van der Waals surface area contributed by atoms with Crippen molar-refractivity contribution in [2.24, 2.45) is 5.92 Å². The highest BCUT2D eigenvalue weighted by atomic mass is 79.9. The molecule has 234 valence electrons. The number of thiocarbonyl (C=S) groups is 1. The van der Waals surface area contributed by atoms with Gasteiger partial charge in [0.2, 0.25) is 5.91 Å². The van der Waals surface area contributed by atoms with Gasteiger partial charge in [0.15, 0.2) is 5.11 Å². The van der Waals surface area contributed by atoms with E-state index in [0.717, 1.165) is 16.1 Å². The predicted molar refractivity (Wildman–Crippen MR) is 175 cm³/mol. The second-order valence-electron chi connectivity index (χ2n) is 10.9. The number of nitrogens with one attached hydrogen (secondary N) is 2. The van der Waals surface area contributed by atoms with Crippen LogP contribution in [-0.2, 0) is 30.5 Å². The van der Waals surface area contributed by atoms with Crippen LogP contribution in [-0.4, -0.2) is 38.1 Å². The van der Waals surface area contributed by atoms with Crippen molar-refractivity contribution in [3.63, 3.8) is 0 Å². The third kappa shape index (κ3) is 9.64. The van der Waals surface area contributed by atoms with E-state index >= 15 is 0 Å². The number of benzene rings is 3. The van der Waals surface area contributed by atoms with Gasteiger partial charge >= 0.3 is 6.18 Å². The van der Waals surface area contributed by atoms with Gasteiger partial charge in [0.25, 0.3) is 0 Å². The monoisotopic (exact) mass is 696 g/mol. The summed E-state index contributed by atoms with van der Waals surface area (Å²) in [7, 11) is 0. The number of halogens is 4. The molecule has 0 aliphatic rings. The Bertz CT molecular complexity index is 1650. The van der Waals surface area contributed by atoms with Crippen LogP contribution in [0.1, 0.15) is 41.8 Å². The molecule has 12 heteroatoms. The first-order chi connectivity index (χ1) is 21.4. The highest BCUT2D eigenvalue weighted by Crippen LogP contribution is 2.32. The molecule has 1 aromatic heterocycles. The number of hydrogen-bond acceptors (Lipinski definition) is 4. The van der Waals surface area contributed by atoms with Gasteiger partial charge in [-0.15, -0.1) is 0 Å². The molecule has 3 aromatic carbocycles. The van der Waals surface area contributed by atoms with Crippen LogP contribution in [0.25, 0.3) is 0 Å². The van der Waals surface area contributed by atoms with Crippen molar-refractivity contribution in [3.05, 3.63) is 118 Å². The van der Waals surface area contributed by atoms with Gasteiger partial charge in [0, 0.05) is 47.7 Å². The molecule has 0 spiro atoms. The highest BCUT2D eigenvalue weighted by molar-refractivity contribution is 9.10. The molecule has 0 unspecified atom stereocenters. The van der Waals surface area contributed by atoms with E-state index in [1.54, 1.807) is 47.8 Å². The number of anilines is 1. The molecule has 0 bridgehead atoms. The maximum Gasteiger partial charge on any atom is 0.416 e. The highest BCUT2D eigenvalue weighted by Gasteiger charge is 2.34. The molecule has 1 amide bonds. The molecule has 4 rings (SSSR count). The molecule has 1 atom stereocenters. The third-order valence-corrected chi connectivity index (χ3v) is 8.10. The zero-order valence-corrected chi connectivity index (χ0v) is 27.1. The second kappa shape index (κ2) is 15.2. The van der Waals surface area contributed by atoms with Gasteiger partial charge < -0.3 is 20.1 Å². The second-order valence-corrected chi connectivity index (χ2v) is 12.2. The molecule has 0 fully saturated rings. The largest absolute Gasteiger partial charge is 0.416 e. The van der Waals surface area contributed by atoms with Crippen LogP contribution in [0.3, 0.4) is 0 Å². The summed E-state index contributed by atoms with van der Waals surface area (Å²) >= 11 is 9.11. The maximum atomic E-state index is 13.9. The van der Waals surface area contributed by atoms with Gasteiger partial charge in [-0.2, -0.15) is 18.4 Å². The Morgan fingerprint density at radius 2 is 1.78 bits per heavy atom. The molecule has 0 aliphatic carbocycles. The lowest BCUT2D eigenvalue weighted by Gasteiger charge is -2.33. The Hall–Kier alpha value is -4.21. The summed E-state index contributed by atoms with van der Waals surface area (Å²) in [6, 6.07) is 21.5. The molecule has 45 heavy (non-hydrogen) atoms. The molecule has 4 aromatic rings. The van der Waals surface area contributed by atoms with Crippen LogP contribution >= 0.6 is 28.1 Å². The van der Waals surface area contributed by atoms with Crippen LogP contribution < -0.4 is 10.6 Å². The fourth-order valence-corrected chi connectivity index (χ4v) is 5.22. The first-order valence-electron chi connectivity index (χ1n) is 14.2. The number of carbonyl (C=O) groups is 1. The summed E-state index contributed by atoms with van der Waals surface area (Å²) in [5.41, 5.74) is 2.23. The van der Waals surface area contributed by atoms with E-state index in [1.807, 2.05) is 42.7 Å². The molecular formula is C33H32BrF3N6OS. The fourth-order valence-electron chi connectivity index (χ4n) is 4.70. The number of alkyl halides is 3. The Morgan fingerprint density at radius 3 is 2.42 bits per heavy atom. The van der Waals surface area contributed by atoms with Crippen molar-refractivity contribution in [3.8, 4) is 6.07 Å². The first-order valence-corrected chi connectivity index (χ1v) is 15.4. The van der Waals surface area contributed by atoms with E-state index in [4.69, 9.17) is 17.5 Å². The maximum absolute atomic E-state index is 13.9. The lowest BCUT2D eigenvalue weighted by atomic mass is 10.0. The molecule has 0 radical (unpaired) electrons. The number of amides is 1. The molecule has 2 N–H and O–H groups in total. The summed E-state index contributed by atoms with van der Waals surface area (Å²) < 4.78 is 44.4. The molecule has 0 aliphatic heterocycles. The fraction of sp³-hybridized carbons (Fsp3) is 0.273. The van der Waals surface area contributed by atoms with E-state index in [1.165, 1.54) is 12.1 Å². The lowest BCUT2D eigenvalue weighted by Crippen LogP contribution is -2.49. The number of rotatable bonds is 11. The summed E-state index contributed by atoms with van der Waals surface area (Å²) in [6.45, 7) is 4.40. The number of imidazole rings is 1. The molecule has 0 saturated carbocycles. The molecule has 0 saturated heterocycles. The first kappa shape index (κ1) is 33.7. The van der Waals surface area contributed by atoms with Crippen molar-refractivity contribution < 1.29 is 18.0 Å². The molecule has 1 heterocycles. The van der Waals surface area contributed by atoms with Gasteiger partial charge in [0.05, 0.1) is 29.9 Å². The van der Waals surface area contributed by atoms with Crippen molar-refractivity contribution in [1.29, 1.82) is 5.26 Å². The van der Waals surface area contributed by atoms with Crippen molar-refractivity contribution in [2.75, 3.05) is 11.9 Å². The number of aromatic nitrogens is 2. The average molecular weight is 698 g/mol. The zero-order chi connectivity index (χ0) is 32.6. The molecule has 7 nitrogen and oxygen atoms in total. The van der Waals surface area contributed by atoms with Crippen LogP contribution in [0.4, 0.5) is 18.9 Å². The van der Waals surface area contributed by atoms with Crippen molar-refractivity contribution >= 4 is 44.9 Å². The van der Waals surface area contributed by atoms with E-state index in [9.17, 15) is 18.0 Å². The van der Waals surface area contributed by atoms with Gasteiger partial charge in [0.1, 0.15) is 0 Å². The Labute approximate surface area is 274 Å². The Balaban J connectivity index is 1.51. The number of nitrogens with zero attached hydrogens (tertiary/aromatic N) is 4. The minimum absolute atomic E-state index is 0.0536. The Morgan fingerprint density at radius 1 is 1.09 bits per heavy atom. The van der Waals surface area contributed by atoms with Gasteiger partial charge in [-0.3, -0.25) is 4.79 Å². The molecular weight excluding hydrogens is 665 g/mol. The van der Waals surface area contributed by atoms with Crippen LogP contribution in [0.5, 0.6) is 0 Å². The summed E-state index contributed by atoms with van der Waals surface area (Å²) in [4.78, 5) is 19.2. The standard InChI is InChI=1S/C33H32BrF3N6OS/c1-22(2)30(41-31(44)15-28-17-39-21-43(28)18-24-9-7-23(16-38)8-10-24)20-42(32(45)40-27-13-11-26(34)12-14-27)19-25-5-3-4-6-29(25)33(35,36)37/h3-14,17,21-22,30H,15,18-20H2,1-2H3,(H,40,45)(H,41,44)/t30-/m1/s1. The van der Waals surface area contributed by atoms with Gasteiger partial charge in [-0.1, -0.05) is 60.1 Å². The quantitative estimate of drug-likeness (QED) is 0.162. The smallest absolute Gasteiger partial charge is 0.351 e. The summed E-state index contributed by atoms with van der Waals surface area (Å²) in [5, 5.41) is 15.5. The van der Waals surface area contributed by atoms with Crippen LogP contribution in [0.2, 0.25) is 0 Å². The number of carbonyl (C=O) groups excluding carboxylic acids is 1. The van der Waals surface area contributed by atoms with Crippen LogP contribution in [0, 0.1) is 17.2 Å². The number of hydrogen-bond donors (Lipinski definition) is 2. The van der Waals surface area contributed by atoms with E-state index in [2.05, 4.69) is 37.6 Å². The van der Waals surface area contributed by atoms with Crippen molar-refractivity contribution in [1.82, 2.24) is 19.8 Å². The van der Waals surface area contributed by atoms with Crippen LogP contribution in [0.15, 0.2) is 89.8 Å². The predicted octanol–water partition coefficient (Wildman–Crippen LogP) is 7.17. The van der Waals surface area contributed by atoms with E-state index < -0.39 is 17.8 Å². The normalized spacial score (nSPS) is 12.0. The third-order valence-electron chi connectivity index (χ3n) is 7.21. The summed E-state index contributed by atoms with van der Waals surface area (Å²) in [5.74, 6) is -0.314. The number of nitriles is 1. The van der Waals surface area contributed by atoms with E-state index in [0.29, 0.717) is 23.5 Å².